The van der Waals surface area contributed by atoms with E-state index < -0.39 is 0 Å². The molecule has 0 radical (unpaired) electrons. The molecule has 2 rings (SSSR count). The van der Waals surface area contributed by atoms with Crippen LogP contribution >= 0.6 is 0 Å². The zero-order chi connectivity index (χ0) is 17.7. The quantitative estimate of drug-likeness (QED) is 0.728. The monoisotopic (exact) mass is 318 g/mol. The van der Waals surface area contributed by atoms with Crippen LogP contribution in [-0.4, -0.2) is 7.11 Å². The van der Waals surface area contributed by atoms with E-state index in [1.807, 2.05) is 37.3 Å². The normalized spacial score (nSPS) is 16.2. The van der Waals surface area contributed by atoms with Crippen LogP contribution in [0.15, 0.2) is 47.1 Å². The number of ether oxygens (including phenoxy) is 1. The highest BCUT2D eigenvalue weighted by Crippen LogP contribution is 2.39. The minimum absolute atomic E-state index is 0.0402. The van der Waals surface area contributed by atoms with Crippen LogP contribution in [0.4, 0.5) is 0 Å². The van der Waals surface area contributed by atoms with E-state index in [9.17, 15) is 0 Å². The van der Waals surface area contributed by atoms with Gasteiger partial charge < -0.3 is 4.74 Å². The molecule has 3 nitrogen and oxygen atoms in total. The van der Waals surface area contributed by atoms with Gasteiger partial charge in [-0.2, -0.15) is 10.5 Å². The number of allylic oxidation sites excluding steroid dienone is 5. The van der Waals surface area contributed by atoms with Crippen LogP contribution < -0.4 is 4.74 Å². The number of hydrogen-bond acceptors (Lipinski definition) is 3. The second kappa shape index (κ2) is 7.20. The van der Waals surface area contributed by atoms with Gasteiger partial charge in [-0.25, -0.2) is 0 Å². The predicted molar refractivity (Wildman–Crippen MR) is 96.1 cm³/mol. The first-order chi connectivity index (χ1) is 11.4. The second-order valence-electron chi connectivity index (χ2n) is 6.92. The van der Waals surface area contributed by atoms with Gasteiger partial charge in [-0.05, 0) is 59.6 Å². The molecule has 1 aliphatic carbocycles. The summed E-state index contributed by atoms with van der Waals surface area (Å²) in [5, 5.41) is 18.3. The van der Waals surface area contributed by atoms with Crippen LogP contribution in [0.1, 0.15) is 37.8 Å². The Labute approximate surface area is 144 Å². The summed E-state index contributed by atoms with van der Waals surface area (Å²) in [5.41, 5.74) is 4.42. The Morgan fingerprint density at radius 3 is 2.46 bits per heavy atom. The van der Waals surface area contributed by atoms with Crippen molar-refractivity contribution in [3.8, 4) is 17.9 Å². The topological polar surface area (TPSA) is 56.8 Å². The maximum atomic E-state index is 9.13. The van der Waals surface area contributed by atoms with Crippen molar-refractivity contribution in [1.29, 1.82) is 10.5 Å². The Hall–Kier alpha value is -2.78. The van der Waals surface area contributed by atoms with Crippen molar-refractivity contribution >= 4 is 6.08 Å². The highest BCUT2D eigenvalue weighted by Gasteiger charge is 2.26. The summed E-state index contributed by atoms with van der Waals surface area (Å²) in [6, 6.07) is 10.1. The van der Waals surface area contributed by atoms with Gasteiger partial charge in [0.1, 0.15) is 23.5 Å². The van der Waals surface area contributed by atoms with Gasteiger partial charge in [-0.15, -0.1) is 0 Å². The summed E-state index contributed by atoms with van der Waals surface area (Å²) in [6.45, 7) is 6.35. The lowest BCUT2D eigenvalue weighted by Crippen LogP contribution is -2.17. The molecule has 1 aliphatic rings. The summed E-state index contributed by atoms with van der Waals surface area (Å²) in [7, 11) is 1.67. The lowest BCUT2D eigenvalue weighted by Gasteiger charge is -2.30. The molecular weight excluding hydrogens is 296 g/mol. The van der Waals surface area contributed by atoms with Crippen molar-refractivity contribution in [2.75, 3.05) is 7.11 Å². The molecule has 0 spiro atoms. The number of benzene rings is 1. The number of rotatable bonds is 3. The predicted octanol–water partition coefficient (Wildman–Crippen LogP) is 5.11. The molecule has 1 aromatic carbocycles. The fourth-order valence-corrected chi connectivity index (χ4v) is 3.10. The molecule has 24 heavy (non-hydrogen) atoms. The van der Waals surface area contributed by atoms with Crippen LogP contribution in [0.25, 0.3) is 6.08 Å². The van der Waals surface area contributed by atoms with Gasteiger partial charge in [0.15, 0.2) is 0 Å². The van der Waals surface area contributed by atoms with E-state index in [1.54, 1.807) is 7.11 Å². The second-order valence-corrected chi connectivity index (χ2v) is 6.92. The van der Waals surface area contributed by atoms with Gasteiger partial charge in [0.2, 0.25) is 0 Å². The minimum atomic E-state index is 0.0402. The first kappa shape index (κ1) is 17.6. The minimum Gasteiger partial charge on any atom is -0.496 e. The molecule has 0 amide bonds. The van der Waals surface area contributed by atoms with Crippen molar-refractivity contribution in [2.24, 2.45) is 5.41 Å². The molecule has 3 heteroatoms. The average molecular weight is 318 g/mol. The fourth-order valence-electron chi connectivity index (χ4n) is 3.10. The maximum absolute atomic E-state index is 9.13. The zero-order valence-electron chi connectivity index (χ0n) is 14.7. The molecule has 0 saturated carbocycles. The third kappa shape index (κ3) is 4.15. The van der Waals surface area contributed by atoms with Crippen molar-refractivity contribution < 1.29 is 4.74 Å². The smallest absolute Gasteiger partial charge is 0.132 e. The van der Waals surface area contributed by atoms with E-state index in [4.69, 9.17) is 15.3 Å². The lowest BCUT2D eigenvalue weighted by molar-refractivity contribution is 0.354. The fraction of sp³-hybridized carbons (Fsp3) is 0.333. The van der Waals surface area contributed by atoms with Crippen molar-refractivity contribution in [1.82, 2.24) is 0 Å². The molecule has 1 aromatic rings. The van der Waals surface area contributed by atoms with Gasteiger partial charge >= 0.3 is 0 Å². The molecule has 0 aliphatic heterocycles. The summed E-state index contributed by atoms with van der Waals surface area (Å²) in [6.07, 6.45) is 7.80. The number of hydrogen-bond donors (Lipinski definition) is 0. The molecule has 122 valence electrons. The molecule has 0 atom stereocenters. The Kier molecular flexibility index (Phi) is 5.27. The Bertz CT molecular complexity index is 795. The van der Waals surface area contributed by atoms with Crippen molar-refractivity contribution in [3.05, 3.63) is 58.2 Å². The van der Waals surface area contributed by atoms with E-state index in [1.165, 1.54) is 0 Å². The van der Waals surface area contributed by atoms with E-state index in [-0.39, 0.29) is 11.0 Å². The SMILES string of the molecule is COc1ccc(/C=C/C2=CC(=C(C#N)C#N)CC(C)(C)C2)cc1C. The molecule has 0 heterocycles. The first-order valence-corrected chi connectivity index (χ1v) is 7.95. The van der Waals surface area contributed by atoms with Crippen LogP contribution in [0.2, 0.25) is 0 Å². The first-order valence-electron chi connectivity index (χ1n) is 7.95. The maximum Gasteiger partial charge on any atom is 0.132 e. The summed E-state index contributed by atoms with van der Waals surface area (Å²) >= 11 is 0. The summed E-state index contributed by atoms with van der Waals surface area (Å²) < 4.78 is 5.28. The Morgan fingerprint density at radius 2 is 1.88 bits per heavy atom. The third-order valence-electron chi connectivity index (χ3n) is 4.16. The lowest BCUT2D eigenvalue weighted by atomic mass is 9.74. The molecule has 0 aromatic heterocycles. The van der Waals surface area contributed by atoms with Crippen LogP contribution in [0.3, 0.4) is 0 Å². The third-order valence-corrected chi connectivity index (χ3v) is 4.16. The van der Waals surface area contributed by atoms with E-state index in [2.05, 4.69) is 32.1 Å². The molecule has 0 unspecified atom stereocenters. The van der Waals surface area contributed by atoms with Gasteiger partial charge in [-0.1, -0.05) is 38.1 Å². The summed E-state index contributed by atoms with van der Waals surface area (Å²) in [5.74, 6) is 0.878. The highest BCUT2D eigenvalue weighted by molar-refractivity contribution is 5.58. The van der Waals surface area contributed by atoms with E-state index >= 15 is 0 Å². The van der Waals surface area contributed by atoms with Gasteiger partial charge in [0.25, 0.3) is 0 Å². The van der Waals surface area contributed by atoms with Crippen LogP contribution in [0.5, 0.6) is 5.75 Å². The number of nitriles is 2. The summed E-state index contributed by atoms with van der Waals surface area (Å²) in [4.78, 5) is 0. The molecular formula is C21H22N2O. The highest BCUT2D eigenvalue weighted by atomic mass is 16.5. The standard InChI is InChI=1S/C21H22N2O/c1-15-9-16(7-8-20(15)24-4)5-6-17-10-18(19(13-22)14-23)12-21(2,3)11-17/h5-10H,11-12H2,1-4H3/b6-5+. The van der Waals surface area contributed by atoms with Crippen molar-refractivity contribution in [2.45, 2.75) is 33.6 Å². The molecule has 0 fully saturated rings. The van der Waals surface area contributed by atoms with Gasteiger partial charge in [-0.3, -0.25) is 0 Å². The van der Waals surface area contributed by atoms with Crippen LogP contribution in [-0.2, 0) is 0 Å². The average Bonchev–Trinajstić information content (AvgIpc) is 2.53. The van der Waals surface area contributed by atoms with Crippen LogP contribution in [0, 0.1) is 35.0 Å². The van der Waals surface area contributed by atoms with E-state index in [0.29, 0.717) is 0 Å². The van der Waals surface area contributed by atoms with E-state index in [0.717, 1.165) is 40.9 Å². The molecule has 0 N–H and O–H groups in total. The van der Waals surface area contributed by atoms with Gasteiger partial charge in [0.05, 0.1) is 7.11 Å². The molecule has 0 saturated heterocycles. The molecule has 0 bridgehead atoms. The zero-order valence-corrected chi connectivity index (χ0v) is 14.7. The van der Waals surface area contributed by atoms with Gasteiger partial charge in [0, 0.05) is 0 Å². The van der Waals surface area contributed by atoms with Crippen molar-refractivity contribution in [3.63, 3.8) is 0 Å². The number of aryl methyl sites for hydroxylation is 1. The largest absolute Gasteiger partial charge is 0.496 e. The Morgan fingerprint density at radius 1 is 1.17 bits per heavy atom. The number of nitrogens with zero attached hydrogens (tertiary/aromatic N) is 2. The Balaban J connectivity index is 2.34. The number of methoxy groups -OCH3 is 1.